The van der Waals surface area contributed by atoms with Crippen molar-refractivity contribution in [2.24, 2.45) is 0 Å². The van der Waals surface area contributed by atoms with Gasteiger partial charge in [0.1, 0.15) is 5.82 Å². The van der Waals surface area contributed by atoms with Gasteiger partial charge in [0.2, 0.25) is 0 Å². The maximum Gasteiger partial charge on any atom is 0.303 e. The number of ether oxygens (including phenoxy) is 1. The van der Waals surface area contributed by atoms with Gasteiger partial charge in [0, 0.05) is 25.1 Å². The number of benzene rings is 1. The molecule has 5 nitrogen and oxygen atoms in total. The van der Waals surface area contributed by atoms with E-state index in [0.29, 0.717) is 24.6 Å². The normalized spacial score (nSPS) is 11.1. The van der Waals surface area contributed by atoms with Gasteiger partial charge < -0.3 is 14.4 Å². The molecule has 0 aliphatic carbocycles. The van der Waals surface area contributed by atoms with Crippen molar-refractivity contribution in [2.75, 3.05) is 13.7 Å². The van der Waals surface area contributed by atoms with Crippen molar-refractivity contribution in [2.45, 2.75) is 19.4 Å². The highest BCUT2D eigenvalue weighted by molar-refractivity contribution is 6.31. The fraction of sp³-hybridized carbons (Fsp3) is 0.385. The van der Waals surface area contributed by atoms with Crippen LogP contribution in [0.5, 0.6) is 0 Å². The van der Waals surface area contributed by atoms with Gasteiger partial charge in [-0.3, -0.25) is 4.79 Å². The quantitative estimate of drug-likeness (QED) is 0.883. The summed E-state index contributed by atoms with van der Waals surface area (Å²) in [5.41, 5.74) is 1.73. The number of rotatable bonds is 6. The zero-order chi connectivity index (χ0) is 13.8. The summed E-state index contributed by atoms with van der Waals surface area (Å²) in [5, 5.41) is 9.40. The molecule has 102 valence electrons. The van der Waals surface area contributed by atoms with E-state index in [1.165, 1.54) is 0 Å². The van der Waals surface area contributed by atoms with Crippen LogP contribution >= 0.6 is 11.6 Å². The van der Waals surface area contributed by atoms with E-state index in [2.05, 4.69) is 4.98 Å². The Labute approximate surface area is 115 Å². The first kappa shape index (κ1) is 13.8. The second-order valence-electron chi connectivity index (χ2n) is 4.20. The van der Waals surface area contributed by atoms with Gasteiger partial charge in [-0.2, -0.15) is 0 Å². The second kappa shape index (κ2) is 6.04. The maximum absolute atomic E-state index is 10.7. The molecule has 1 N–H and O–H groups in total. The molecule has 0 saturated heterocycles. The van der Waals surface area contributed by atoms with Crippen molar-refractivity contribution in [3.63, 3.8) is 0 Å². The van der Waals surface area contributed by atoms with E-state index in [-0.39, 0.29) is 6.42 Å². The number of methoxy groups -OCH3 is 1. The van der Waals surface area contributed by atoms with Crippen molar-refractivity contribution >= 4 is 28.6 Å². The molecule has 0 amide bonds. The number of nitrogens with zero attached hydrogens (tertiary/aromatic N) is 2. The van der Waals surface area contributed by atoms with Crippen molar-refractivity contribution in [1.82, 2.24) is 9.55 Å². The predicted molar refractivity (Wildman–Crippen MR) is 72.6 cm³/mol. The topological polar surface area (TPSA) is 64.3 Å². The summed E-state index contributed by atoms with van der Waals surface area (Å²) in [6.07, 6.45) is 0.454. The number of aryl methyl sites for hydroxylation is 1. The number of imidazole rings is 1. The molecular formula is C13H15ClN2O3. The Morgan fingerprint density at radius 1 is 1.53 bits per heavy atom. The first-order chi connectivity index (χ1) is 9.11. The van der Waals surface area contributed by atoms with Crippen molar-refractivity contribution in [3.8, 4) is 0 Å². The zero-order valence-corrected chi connectivity index (χ0v) is 11.4. The number of halogens is 1. The molecule has 0 bridgehead atoms. The van der Waals surface area contributed by atoms with Gasteiger partial charge >= 0.3 is 5.97 Å². The Kier molecular flexibility index (Phi) is 4.39. The number of carbonyl (C=O) groups is 1. The van der Waals surface area contributed by atoms with E-state index in [9.17, 15) is 4.79 Å². The summed E-state index contributed by atoms with van der Waals surface area (Å²) in [7, 11) is 1.63. The highest BCUT2D eigenvalue weighted by Gasteiger charge is 2.12. The lowest BCUT2D eigenvalue weighted by atomic mass is 10.3. The van der Waals surface area contributed by atoms with Crippen LogP contribution in [0.15, 0.2) is 18.2 Å². The molecule has 0 saturated carbocycles. The average molecular weight is 283 g/mol. The molecule has 1 heterocycles. The summed E-state index contributed by atoms with van der Waals surface area (Å²) < 4.78 is 7.06. The molecule has 1 aromatic carbocycles. The monoisotopic (exact) mass is 282 g/mol. The average Bonchev–Trinajstić information content (AvgIpc) is 2.70. The first-order valence-electron chi connectivity index (χ1n) is 5.97. The van der Waals surface area contributed by atoms with Crippen LogP contribution in [0.2, 0.25) is 5.02 Å². The molecular weight excluding hydrogens is 268 g/mol. The third-order valence-corrected chi connectivity index (χ3v) is 3.11. The molecule has 1 aromatic heterocycles. The number of aliphatic carboxylic acids is 1. The van der Waals surface area contributed by atoms with E-state index < -0.39 is 5.97 Å². The van der Waals surface area contributed by atoms with E-state index in [4.69, 9.17) is 21.4 Å². The summed E-state index contributed by atoms with van der Waals surface area (Å²) in [5.74, 6) is -0.0832. The van der Waals surface area contributed by atoms with Gasteiger partial charge in [-0.1, -0.05) is 11.6 Å². The number of hydrogen-bond acceptors (Lipinski definition) is 3. The molecule has 0 unspecified atom stereocenters. The zero-order valence-electron chi connectivity index (χ0n) is 10.6. The van der Waals surface area contributed by atoms with E-state index >= 15 is 0 Å². The lowest BCUT2D eigenvalue weighted by molar-refractivity contribution is -0.137. The molecule has 19 heavy (non-hydrogen) atoms. The smallest absolute Gasteiger partial charge is 0.303 e. The largest absolute Gasteiger partial charge is 0.481 e. The third-order valence-electron chi connectivity index (χ3n) is 2.87. The minimum atomic E-state index is -0.830. The van der Waals surface area contributed by atoms with Crippen LogP contribution < -0.4 is 0 Å². The van der Waals surface area contributed by atoms with Crippen LogP contribution in [-0.4, -0.2) is 34.3 Å². The molecule has 0 atom stereocenters. The van der Waals surface area contributed by atoms with Gasteiger partial charge in [0.25, 0.3) is 0 Å². The van der Waals surface area contributed by atoms with Gasteiger partial charge in [-0.05, 0) is 18.2 Å². The molecule has 0 spiro atoms. The molecule has 2 rings (SSSR count). The van der Waals surface area contributed by atoms with Crippen LogP contribution in [0.3, 0.4) is 0 Å². The minimum absolute atomic E-state index is 0.0596. The van der Waals surface area contributed by atoms with E-state index in [1.807, 2.05) is 10.6 Å². The Bertz CT molecular complexity index is 595. The Morgan fingerprint density at radius 2 is 2.32 bits per heavy atom. The predicted octanol–water partition coefficient (Wildman–Crippen LogP) is 2.35. The van der Waals surface area contributed by atoms with E-state index in [0.717, 1.165) is 16.9 Å². The van der Waals surface area contributed by atoms with Crippen molar-refractivity contribution in [1.29, 1.82) is 0 Å². The number of fused-ring (bicyclic) bond motifs is 1. The first-order valence-corrected chi connectivity index (χ1v) is 6.35. The Hall–Kier alpha value is -1.59. The molecule has 0 radical (unpaired) electrons. The summed E-state index contributed by atoms with van der Waals surface area (Å²) in [6.45, 7) is 1.19. The van der Waals surface area contributed by atoms with Crippen molar-refractivity contribution < 1.29 is 14.6 Å². The van der Waals surface area contributed by atoms with Crippen LogP contribution in [0.25, 0.3) is 11.0 Å². The maximum atomic E-state index is 10.7. The highest BCUT2D eigenvalue weighted by Crippen LogP contribution is 2.21. The SMILES string of the molecule is COCCn1c(CCC(=O)O)nc2cc(Cl)ccc21. The molecule has 2 aromatic rings. The van der Waals surface area contributed by atoms with Crippen LogP contribution in [-0.2, 0) is 22.5 Å². The standard InChI is InChI=1S/C13H15ClN2O3/c1-19-7-6-16-11-3-2-9(14)8-10(11)15-12(16)4-5-13(17)18/h2-3,8H,4-7H2,1H3,(H,17,18). The van der Waals surface area contributed by atoms with E-state index in [1.54, 1.807) is 19.2 Å². The lowest BCUT2D eigenvalue weighted by Gasteiger charge is -2.07. The molecule has 6 heteroatoms. The van der Waals surface area contributed by atoms with Gasteiger partial charge in [-0.25, -0.2) is 4.98 Å². The summed E-state index contributed by atoms with van der Waals surface area (Å²) in [4.78, 5) is 15.1. The van der Waals surface area contributed by atoms with Crippen molar-refractivity contribution in [3.05, 3.63) is 29.0 Å². The number of hydrogen-bond donors (Lipinski definition) is 1. The molecule has 0 aliphatic rings. The molecule has 0 fully saturated rings. The Balaban J connectivity index is 2.38. The third kappa shape index (κ3) is 3.24. The van der Waals surface area contributed by atoms with Gasteiger partial charge in [-0.15, -0.1) is 0 Å². The number of carboxylic acids is 1. The minimum Gasteiger partial charge on any atom is -0.481 e. The lowest BCUT2D eigenvalue weighted by Crippen LogP contribution is -2.10. The van der Waals surface area contributed by atoms with Gasteiger partial charge in [0.15, 0.2) is 0 Å². The summed E-state index contributed by atoms with van der Waals surface area (Å²) >= 11 is 5.94. The number of aromatic nitrogens is 2. The fourth-order valence-electron chi connectivity index (χ4n) is 1.99. The van der Waals surface area contributed by atoms with Gasteiger partial charge in [0.05, 0.1) is 24.1 Å². The van der Waals surface area contributed by atoms with Crippen LogP contribution in [0, 0.1) is 0 Å². The Morgan fingerprint density at radius 3 is 3.00 bits per heavy atom. The fourth-order valence-corrected chi connectivity index (χ4v) is 2.16. The molecule has 0 aliphatic heterocycles. The summed E-state index contributed by atoms with van der Waals surface area (Å²) in [6, 6.07) is 5.48. The number of carboxylic acid groups (broad SMARTS) is 1. The van der Waals surface area contributed by atoms with Crippen LogP contribution in [0.4, 0.5) is 0 Å². The highest BCUT2D eigenvalue weighted by atomic mass is 35.5. The second-order valence-corrected chi connectivity index (χ2v) is 4.64. The van der Waals surface area contributed by atoms with Crippen LogP contribution in [0.1, 0.15) is 12.2 Å².